The molecule has 0 atom stereocenters. The van der Waals surface area contributed by atoms with Crippen molar-refractivity contribution in [3.05, 3.63) is 27.4 Å². The molecule has 0 aliphatic heterocycles. The van der Waals surface area contributed by atoms with Crippen molar-refractivity contribution in [1.29, 1.82) is 0 Å². The summed E-state index contributed by atoms with van der Waals surface area (Å²) in [6.07, 6.45) is 6.06. The molecule has 112 valence electrons. The Morgan fingerprint density at radius 1 is 1.33 bits per heavy atom. The van der Waals surface area contributed by atoms with Gasteiger partial charge in [0.05, 0.1) is 5.69 Å². The van der Waals surface area contributed by atoms with Crippen LogP contribution in [-0.2, 0) is 0 Å². The maximum atomic E-state index is 12.7. The van der Waals surface area contributed by atoms with Gasteiger partial charge in [0.25, 0.3) is 5.91 Å². The summed E-state index contributed by atoms with van der Waals surface area (Å²) in [6, 6.07) is 2.46. The van der Waals surface area contributed by atoms with Crippen LogP contribution in [0.3, 0.4) is 0 Å². The van der Waals surface area contributed by atoms with Gasteiger partial charge < -0.3 is 4.90 Å². The van der Waals surface area contributed by atoms with E-state index in [1.807, 2.05) is 24.3 Å². The second-order valence-corrected chi connectivity index (χ2v) is 7.43. The van der Waals surface area contributed by atoms with Gasteiger partial charge in [0.1, 0.15) is 9.88 Å². The average Bonchev–Trinajstić information content (AvgIpc) is 3.16. The van der Waals surface area contributed by atoms with Gasteiger partial charge in [-0.2, -0.15) is 11.3 Å². The molecule has 0 unspecified atom stereocenters. The van der Waals surface area contributed by atoms with E-state index in [4.69, 9.17) is 0 Å². The van der Waals surface area contributed by atoms with Crippen LogP contribution < -0.4 is 0 Å². The topological polar surface area (TPSA) is 33.2 Å². The average molecular weight is 320 g/mol. The quantitative estimate of drug-likeness (QED) is 0.829. The molecule has 1 fully saturated rings. The third-order valence-electron chi connectivity index (χ3n) is 4.20. The first-order chi connectivity index (χ1) is 10.2. The lowest BCUT2D eigenvalue weighted by Gasteiger charge is -2.31. The molecule has 0 saturated heterocycles. The number of carbonyl (C=O) groups is 1. The van der Waals surface area contributed by atoms with Crippen LogP contribution in [0.4, 0.5) is 0 Å². The van der Waals surface area contributed by atoms with E-state index in [9.17, 15) is 4.79 Å². The van der Waals surface area contributed by atoms with Gasteiger partial charge >= 0.3 is 0 Å². The predicted octanol–water partition coefficient (Wildman–Crippen LogP) is 4.58. The van der Waals surface area contributed by atoms with E-state index < -0.39 is 0 Å². The van der Waals surface area contributed by atoms with Crippen molar-refractivity contribution >= 4 is 28.6 Å². The summed E-state index contributed by atoms with van der Waals surface area (Å²) in [7, 11) is 1.95. The zero-order valence-electron chi connectivity index (χ0n) is 12.5. The number of hydrogen-bond donors (Lipinski definition) is 0. The normalized spacial score (nSPS) is 16.1. The number of rotatable bonds is 3. The molecule has 1 saturated carbocycles. The maximum Gasteiger partial charge on any atom is 0.265 e. The molecular weight excluding hydrogens is 300 g/mol. The fourth-order valence-corrected chi connectivity index (χ4v) is 4.66. The van der Waals surface area contributed by atoms with E-state index in [0.717, 1.165) is 34.0 Å². The Labute approximate surface area is 133 Å². The van der Waals surface area contributed by atoms with Crippen LogP contribution in [0.15, 0.2) is 16.8 Å². The molecule has 1 amide bonds. The number of hydrogen-bond acceptors (Lipinski definition) is 4. The lowest BCUT2D eigenvalue weighted by molar-refractivity contribution is 0.0700. The predicted molar refractivity (Wildman–Crippen MR) is 89.1 cm³/mol. The zero-order chi connectivity index (χ0) is 14.8. The minimum atomic E-state index is 0.137. The summed E-state index contributed by atoms with van der Waals surface area (Å²) in [4.78, 5) is 20.1. The summed E-state index contributed by atoms with van der Waals surface area (Å²) in [5, 5.41) is 5.08. The highest BCUT2D eigenvalue weighted by atomic mass is 32.1. The van der Waals surface area contributed by atoms with Crippen molar-refractivity contribution in [3.8, 4) is 10.6 Å². The van der Waals surface area contributed by atoms with Crippen molar-refractivity contribution in [2.24, 2.45) is 0 Å². The Bertz CT molecular complexity index is 612. The summed E-state index contributed by atoms with van der Waals surface area (Å²) in [6.45, 7) is 1.94. The highest BCUT2D eigenvalue weighted by molar-refractivity contribution is 7.17. The number of thiazole rings is 1. The van der Waals surface area contributed by atoms with Crippen molar-refractivity contribution in [3.63, 3.8) is 0 Å². The first-order valence-corrected chi connectivity index (χ1v) is 9.20. The van der Waals surface area contributed by atoms with Crippen LogP contribution in [0.25, 0.3) is 10.6 Å². The van der Waals surface area contributed by atoms with Gasteiger partial charge in [-0.15, -0.1) is 11.3 Å². The van der Waals surface area contributed by atoms with Crippen molar-refractivity contribution in [1.82, 2.24) is 9.88 Å². The molecule has 3 rings (SSSR count). The van der Waals surface area contributed by atoms with Gasteiger partial charge in [-0.1, -0.05) is 19.3 Å². The minimum absolute atomic E-state index is 0.137. The fraction of sp³-hybridized carbons (Fsp3) is 0.500. The Hall–Kier alpha value is -1.20. The van der Waals surface area contributed by atoms with Crippen molar-refractivity contribution in [2.45, 2.75) is 45.1 Å². The maximum absolute atomic E-state index is 12.7. The largest absolute Gasteiger partial charge is 0.338 e. The molecule has 5 heteroatoms. The number of nitrogens with zero attached hydrogens (tertiary/aromatic N) is 2. The third kappa shape index (κ3) is 3.04. The Balaban J connectivity index is 1.81. The van der Waals surface area contributed by atoms with Crippen LogP contribution in [-0.4, -0.2) is 28.9 Å². The van der Waals surface area contributed by atoms with E-state index >= 15 is 0 Å². The molecular formula is C16H20N2OS2. The van der Waals surface area contributed by atoms with Gasteiger partial charge in [-0.05, 0) is 31.2 Å². The minimum Gasteiger partial charge on any atom is -0.338 e. The fourth-order valence-electron chi connectivity index (χ4n) is 2.90. The van der Waals surface area contributed by atoms with E-state index in [-0.39, 0.29) is 5.91 Å². The summed E-state index contributed by atoms with van der Waals surface area (Å²) in [5.41, 5.74) is 1.97. The van der Waals surface area contributed by atoms with Crippen LogP contribution in [0.2, 0.25) is 0 Å². The SMILES string of the molecule is Cc1nc(-c2ccsc2)sc1C(=O)N(C)C1CCCCC1. The third-order valence-corrected chi connectivity index (χ3v) is 6.08. The highest BCUT2D eigenvalue weighted by Gasteiger charge is 2.26. The summed E-state index contributed by atoms with van der Waals surface area (Å²) >= 11 is 3.18. The molecule has 1 aliphatic rings. The van der Waals surface area contributed by atoms with Crippen molar-refractivity contribution in [2.75, 3.05) is 7.05 Å². The van der Waals surface area contributed by atoms with Crippen LogP contribution in [0.1, 0.15) is 47.5 Å². The lowest BCUT2D eigenvalue weighted by Crippen LogP contribution is -2.38. The van der Waals surface area contributed by atoms with Gasteiger partial charge in [0.2, 0.25) is 0 Å². The molecule has 2 heterocycles. The Morgan fingerprint density at radius 3 is 2.76 bits per heavy atom. The van der Waals surface area contributed by atoms with Crippen molar-refractivity contribution < 1.29 is 4.79 Å². The molecule has 3 nitrogen and oxygen atoms in total. The van der Waals surface area contributed by atoms with Crippen LogP contribution in [0.5, 0.6) is 0 Å². The van der Waals surface area contributed by atoms with Crippen LogP contribution in [0, 0.1) is 6.92 Å². The monoisotopic (exact) mass is 320 g/mol. The molecule has 0 aromatic carbocycles. The molecule has 21 heavy (non-hydrogen) atoms. The molecule has 0 N–H and O–H groups in total. The highest BCUT2D eigenvalue weighted by Crippen LogP contribution is 2.31. The van der Waals surface area contributed by atoms with E-state index in [2.05, 4.69) is 16.4 Å². The molecule has 2 aromatic heterocycles. The van der Waals surface area contributed by atoms with Gasteiger partial charge in [0, 0.05) is 24.0 Å². The lowest BCUT2D eigenvalue weighted by atomic mass is 9.94. The van der Waals surface area contributed by atoms with Gasteiger partial charge in [-0.25, -0.2) is 4.98 Å². The summed E-state index contributed by atoms with van der Waals surface area (Å²) < 4.78 is 0. The van der Waals surface area contributed by atoms with Gasteiger partial charge in [0.15, 0.2) is 0 Å². The standard InChI is InChI=1S/C16H20N2OS2/c1-11-14(21-15(17-11)12-8-9-20-10-12)16(19)18(2)13-6-4-3-5-7-13/h8-10,13H,3-7H2,1-2H3. The first kappa shape index (κ1) is 14.7. The second-order valence-electron chi connectivity index (χ2n) is 5.65. The Morgan fingerprint density at radius 2 is 2.10 bits per heavy atom. The summed E-state index contributed by atoms with van der Waals surface area (Å²) in [5.74, 6) is 0.137. The van der Waals surface area contributed by atoms with E-state index in [1.54, 1.807) is 11.3 Å². The molecule has 0 radical (unpaired) electrons. The van der Waals surface area contributed by atoms with Crippen LogP contribution >= 0.6 is 22.7 Å². The van der Waals surface area contributed by atoms with E-state index in [1.165, 1.54) is 30.6 Å². The molecule has 2 aromatic rings. The molecule has 0 spiro atoms. The molecule has 0 bridgehead atoms. The van der Waals surface area contributed by atoms with Gasteiger partial charge in [-0.3, -0.25) is 4.79 Å². The number of aryl methyl sites for hydroxylation is 1. The number of carbonyl (C=O) groups excluding carboxylic acids is 1. The first-order valence-electron chi connectivity index (χ1n) is 7.44. The molecule has 1 aliphatic carbocycles. The smallest absolute Gasteiger partial charge is 0.265 e. The second kappa shape index (κ2) is 6.28. The number of thiophene rings is 1. The zero-order valence-corrected chi connectivity index (χ0v) is 14.1. The number of aromatic nitrogens is 1. The number of amides is 1. The van der Waals surface area contributed by atoms with E-state index in [0.29, 0.717) is 6.04 Å². The Kier molecular flexibility index (Phi) is 4.40.